The van der Waals surface area contributed by atoms with E-state index in [0.29, 0.717) is 12.5 Å². The van der Waals surface area contributed by atoms with Gasteiger partial charge in [0, 0.05) is 44.8 Å². The summed E-state index contributed by atoms with van der Waals surface area (Å²) in [4.78, 5) is 8.69. The highest BCUT2D eigenvalue weighted by Gasteiger charge is 2.25. The number of rotatable bonds is 7. The number of halogens is 1. The lowest BCUT2D eigenvalue weighted by atomic mass is 10.0. The van der Waals surface area contributed by atoms with Crippen LogP contribution in [0.15, 0.2) is 34.9 Å². The van der Waals surface area contributed by atoms with Gasteiger partial charge in [-0.3, -0.25) is 4.68 Å². The fourth-order valence-electron chi connectivity index (χ4n) is 3.86. The second kappa shape index (κ2) is 11.1. The zero-order chi connectivity index (χ0) is 20.9. The molecule has 0 saturated carbocycles. The minimum Gasteiger partial charge on any atom is -0.356 e. The molecule has 1 atom stereocenters. The molecule has 0 radical (unpaired) electrons. The first kappa shape index (κ1) is 23.7. The van der Waals surface area contributed by atoms with Crippen molar-refractivity contribution in [1.82, 2.24) is 34.8 Å². The molecule has 8 nitrogen and oxygen atoms in total. The van der Waals surface area contributed by atoms with E-state index in [9.17, 15) is 0 Å². The molecular weight excluding hydrogens is 523 g/mol. The molecule has 1 N–H and O–H groups in total. The molecule has 1 saturated heterocycles. The third-order valence-electron chi connectivity index (χ3n) is 5.66. The van der Waals surface area contributed by atoms with E-state index in [1.807, 2.05) is 36.5 Å². The molecule has 1 fully saturated rings. The van der Waals surface area contributed by atoms with Gasteiger partial charge in [-0.15, -0.1) is 45.5 Å². The van der Waals surface area contributed by atoms with Crippen LogP contribution in [0.4, 0.5) is 0 Å². The summed E-state index contributed by atoms with van der Waals surface area (Å²) in [6.45, 7) is 5.40. The van der Waals surface area contributed by atoms with Gasteiger partial charge in [0.1, 0.15) is 12.4 Å². The number of aromatic nitrogens is 5. The largest absolute Gasteiger partial charge is 0.356 e. The molecule has 0 aromatic carbocycles. The van der Waals surface area contributed by atoms with Gasteiger partial charge < -0.3 is 14.8 Å². The quantitative estimate of drug-likeness (QED) is 0.276. The van der Waals surface area contributed by atoms with Crippen molar-refractivity contribution in [3.8, 4) is 0 Å². The molecule has 31 heavy (non-hydrogen) atoms. The van der Waals surface area contributed by atoms with Crippen molar-refractivity contribution in [2.75, 3.05) is 19.6 Å². The fraction of sp³-hybridized carbons (Fsp3) is 0.524. The van der Waals surface area contributed by atoms with E-state index in [1.165, 1.54) is 16.9 Å². The van der Waals surface area contributed by atoms with Crippen LogP contribution in [0.2, 0.25) is 0 Å². The van der Waals surface area contributed by atoms with Crippen LogP contribution < -0.4 is 5.32 Å². The lowest BCUT2D eigenvalue weighted by molar-refractivity contribution is 0.458. The molecule has 1 aliphatic rings. The maximum atomic E-state index is 4.91. The van der Waals surface area contributed by atoms with Crippen molar-refractivity contribution in [2.45, 2.75) is 32.7 Å². The van der Waals surface area contributed by atoms with E-state index in [0.717, 1.165) is 50.1 Å². The summed E-state index contributed by atoms with van der Waals surface area (Å²) in [6, 6.07) is 4.29. The number of hydrogen-bond acceptors (Lipinski definition) is 5. The van der Waals surface area contributed by atoms with Crippen molar-refractivity contribution >= 4 is 41.3 Å². The summed E-state index contributed by atoms with van der Waals surface area (Å²) in [5.74, 6) is 3.39. The predicted octanol–water partition coefficient (Wildman–Crippen LogP) is 2.79. The summed E-state index contributed by atoms with van der Waals surface area (Å²) in [6.07, 6.45) is 7.34. The van der Waals surface area contributed by atoms with Crippen LogP contribution in [0.1, 0.15) is 28.5 Å². The smallest absolute Gasteiger partial charge is 0.194 e. The Balaban J connectivity index is 0.00000272. The van der Waals surface area contributed by atoms with E-state index in [4.69, 9.17) is 4.99 Å². The Labute approximate surface area is 204 Å². The lowest BCUT2D eigenvalue weighted by Crippen LogP contribution is -2.41. The predicted molar refractivity (Wildman–Crippen MR) is 135 cm³/mol. The van der Waals surface area contributed by atoms with Crippen molar-refractivity contribution < 1.29 is 0 Å². The van der Waals surface area contributed by atoms with E-state index >= 15 is 0 Å². The lowest BCUT2D eigenvalue weighted by Gasteiger charge is -2.22. The first-order valence-electron chi connectivity index (χ1n) is 10.5. The maximum absolute atomic E-state index is 4.91. The third kappa shape index (κ3) is 6.28. The Bertz CT molecular complexity index is 978. The number of thiophene rings is 1. The van der Waals surface area contributed by atoms with Gasteiger partial charge in [-0.1, -0.05) is 6.07 Å². The Kier molecular flexibility index (Phi) is 8.47. The van der Waals surface area contributed by atoms with Crippen molar-refractivity contribution in [1.29, 1.82) is 0 Å². The molecule has 168 valence electrons. The van der Waals surface area contributed by atoms with Gasteiger partial charge in [-0.2, -0.15) is 5.10 Å². The van der Waals surface area contributed by atoms with Crippen molar-refractivity contribution in [3.05, 3.63) is 52.0 Å². The molecule has 10 heteroatoms. The first-order chi connectivity index (χ1) is 14.6. The van der Waals surface area contributed by atoms with Gasteiger partial charge >= 0.3 is 0 Å². The number of aliphatic imine (C=N–C) groups is 1. The normalized spacial score (nSPS) is 16.5. The molecule has 0 aliphatic carbocycles. The highest BCUT2D eigenvalue weighted by Crippen LogP contribution is 2.21. The summed E-state index contributed by atoms with van der Waals surface area (Å²) >= 11 is 1.80. The topological polar surface area (TPSA) is 76.2 Å². The second-order valence-electron chi connectivity index (χ2n) is 7.95. The molecular formula is C21H31IN8S. The Hall–Kier alpha value is -1.95. The summed E-state index contributed by atoms with van der Waals surface area (Å²) < 4.78 is 3.88. The SMILES string of the molecule is Cc1nnc(CN=C(NCCc2cccs2)N2CCC(Cc3cnn(C)c3)C2)n1C.I. The van der Waals surface area contributed by atoms with Gasteiger partial charge in [0.2, 0.25) is 0 Å². The van der Waals surface area contributed by atoms with Gasteiger partial charge in [0.25, 0.3) is 0 Å². The zero-order valence-corrected chi connectivity index (χ0v) is 21.5. The van der Waals surface area contributed by atoms with Crippen LogP contribution in [0.3, 0.4) is 0 Å². The molecule has 3 aromatic heterocycles. The summed E-state index contributed by atoms with van der Waals surface area (Å²) in [5, 5.41) is 18.4. The Morgan fingerprint density at radius 1 is 1.32 bits per heavy atom. The second-order valence-corrected chi connectivity index (χ2v) is 8.98. The number of nitrogens with zero attached hydrogens (tertiary/aromatic N) is 7. The van der Waals surface area contributed by atoms with Crippen LogP contribution in [0.5, 0.6) is 0 Å². The van der Waals surface area contributed by atoms with Crippen LogP contribution in [0.25, 0.3) is 0 Å². The van der Waals surface area contributed by atoms with E-state index in [-0.39, 0.29) is 24.0 Å². The van der Waals surface area contributed by atoms with Gasteiger partial charge in [0.15, 0.2) is 11.8 Å². The number of guanidine groups is 1. The highest BCUT2D eigenvalue weighted by atomic mass is 127. The Morgan fingerprint density at radius 3 is 2.87 bits per heavy atom. The molecule has 4 heterocycles. The molecule has 0 amide bonds. The van der Waals surface area contributed by atoms with Gasteiger partial charge in [-0.05, 0) is 49.1 Å². The van der Waals surface area contributed by atoms with Gasteiger partial charge in [-0.25, -0.2) is 4.99 Å². The third-order valence-corrected chi connectivity index (χ3v) is 6.59. The monoisotopic (exact) mass is 554 g/mol. The van der Waals surface area contributed by atoms with Crippen LogP contribution >= 0.6 is 35.3 Å². The Morgan fingerprint density at radius 2 is 2.19 bits per heavy atom. The van der Waals surface area contributed by atoms with Crippen molar-refractivity contribution in [2.24, 2.45) is 25.0 Å². The molecule has 1 aliphatic heterocycles. The minimum atomic E-state index is 0. The fourth-order valence-corrected chi connectivity index (χ4v) is 4.57. The van der Waals surface area contributed by atoms with Crippen LogP contribution in [0, 0.1) is 12.8 Å². The molecule has 0 spiro atoms. The molecule has 3 aromatic rings. The van der Waals surface area contributed by atoms with E-state index in [2.05, 4.69) is 49.2 Å². The number of hydrogen-bond donors (Lipinski definition) is 1. The van der Waals surface area contributed by atoms with E-state index in [1.54, 1.807) is 11.3 Å². The van der Waals surface area contributed by atoms with Gasteiger partial charge in [0.05, 0.1) is 6.20 Å². The van der Waals surface area contributed by atoms with Crippen LogP contribution in [-0.4, -0.2) is 55.0 Å². The number of aryl methyl sites for hydroxylation is 2. The zero-order valence-electron chi connectivity index (χ0n) is 18.4. The first-order valence-corrected chi connectivity index (χ1v) is 11.3. The molecule has 1 unspecified atom stereocenters. The van der Waals surface area contributed by atoms with E-state index < -0.39 is 0 Å². The average Bonchev–Trinajstić information content (AvgIpc) is 3.52. The van der Waals surface area contributed by atoms with Crippen LogP contribution in [-0.2, 0) is 33.5 Å². The minimum absolute atomic E-state index is 0. The standard InChI is InChI=1S/C21H30N8S.HI/c1-16-25-26-20(28(16)3)13-23-21(22-8-6-19-5-4-10-30-19)29-9-7-17(15-29)11-18-12-24-27(2)14-18;/h4-5,10,12,14,17H,6-9,11,13,15H2,1-3H3,(H,22,23);1H. The maximum Gasteiger partial charge on any atom is 0.194 e. The molecule has 4 rings (SSSR count). The number of nitrogens with one attached hydrogen (secondary N) is 1. The van der Waals surface area contributed by atoms with Crippen molar-refractivity contribution in [3.63, 3.8) is 0 Å². The molecule has 0 bridgehead atoms. The summed E-state index contributed by atoms with van der Waals surface area (Å²) in [7, 11) is 3.96. The highest BCUT2D eigenvalue weighted by molar-refractivity contribution is 14.0. The number of likely N-dealkylation sites (tertiary alicyclic amines) is 1. The summed E-state index contributed by atoms with van der Waals surface area (Å²) in [5.41, 5.74) is 1.31. The average molecular weight is 555 g/mol.